The van der Waals surface area contributed by atoms with E-state index in [9.17, 15) is 0 Å². The topological polar surface area (TPSA) is 63.8 Å². The van der Waals surface area contributed by atoms with Gasteiger partial charge < -0.3 is 11.1 Å². The predicted molar refractivity (Wildman–Crippen MR) is 98.1 cm³/mol. The Balaban J connectivity index is 0.000000219. The zero-order chi connectivity index (χ0) is 17.0. The number of aromatic nitrogens is 2. The standard InChI is InChI=1S/C14H16N2.C6H8N2/c1-12-5-4-6-13(9-12)10-15-11-14-7-2-3-8-16-14;7-5-6-3-1-2-4-8-6/h2-9,15H,10-11H2,1H3;1-4H,5,7H2. The van der Waals surface area contributed by atoms with E-state index in [0.717, 1.165) is 24.5 Å². The quantitative estimate of drug-likeness (QED) is 0.757. The van der Waals surface area contributed by atoms with Gasteiger partial charge in [0.1, 0.15) is 0 Å². The lowest BCUT2D eigenvalue weighted by molar-refractivity contribution is 0.679. The smallest absolute Gasteiger partial charge is 0.0541 e. The Kier molecular flexibility index (Phi) is 7.60. The van der Waals surface area contributed by atoms with Crippen LogP contribution in [0.3, 0.4) is 0 Å². The number of nitrogens with zero attached hydrogens (tertiary/aromatic N) is 2. The van der Waals surface area contributed by atoms with Gasteiger partial charge in [0, 0.05) is 32.0 Å². The molecule has 2 heterocycles. The summed E-state index contributed by atoms with van der Waals surface area (Å²) in [6.45, 7) is 4.34. The van der Waals surface area contributed by atoms with Crippen LogP contribution in [0.5, 0.6) is 0 Å². The number of aryl methyl sites for hydroxylation is 1. The maximum atomic E-state index is 5.29. The van der Waals surface area contributed by atoms with E-state index in [2.05, 4.69) is 46.5 Å². The molecule has 0 aliphatic carbocycles. The van der Waals surface area contributed by atoms with Crippen molar-refractivity contribution in [3.63, 3.8) is 0 Å². The van der Waals surface area contributed by atoms with Crippen LogP contribution in [-0.4, -0.2) is 9.97 Å². The average Bonchev–Trinajstić information content (AvgIpc) is 2.64. The fourth-order valence-corrected chi connectivity index (χ4v) is 2.18. The molecule has 0 radical (unpaired) electrons. The lowest BCUT2D eigenvalue weighted by Gasteiger charge is -2.05. The molecule has 0 unspecified atom stereocenters. The summed E-state index contributed by atoms with van der Waals surface area (Å²) in [6.07, 6.45) is 3.56. The van der Waals surface area contributed by atoms with Crippen molar-refractivity contribution in [1.82, 2.24) is 15.3 Å². The second-order valence-corrected chi connectivity index (χ2v) is 5.44. The van der Waals surface area contributed by atoms with Gasteiger partial charge in [0.05, 0.1) is 11.4 Å². The van der Waals surface area contributed by atoms with Crippen LogP contribution in [0.2, 0.25) is 0 Å². The summed E-state index contributed by atoms with van der Waals surface area (Å²) in [5.74, 6) is 0. The van der Waals surface area contributed by atoms with Gasteiger partial charge in [0.25, 0.3) is 0 Å². The highest BCUT2D eigenvalue weighted by Gasteiger charge is 1.94. The summed E-state index contributed by atoms with van der Waals surface area (Å²) < 4.78 is 0. The van der Waals surface area contributed by atoms with Crippen LogP contribution in [0.1, 0.15) is 22.5 Å². The van der Waals surface area contributed by atoms with Crippen LogP contribution in [0.4, 0.5) is 0 Å². The lowest BCUT2D eigenvalue weighted by atomic mass is 10.1. The van der Waals surface area contributed by atoms with Crippen molar-refractivity contribution in [1.29, 1.82) is 0 Å². The van der Waals surface area contributed by atoms with E-state index < -0.39 is 0 Å². The Labute approximate surface area is 143 Å². The molecule has 24 heavy (non-hydrogen) atoms. The van der Waals surface area contributed by atoms with Gasteiger partial charge in [-0.1, -0.05) is 42.0 Å². The molecule has 1 aromatic carbocycles. The molecule has 4 nitrogen and oxygen atoms in total. The maximum absolute atomic E-state index is 5.29. The highest BCUT2D eigenvalue weighted by molar-refractivity contribution is 5.22. The lowest BCUT2D eigenvalue weighted by Crippen LogP contribution is -2.13. The first-order valence-corrected chi connectivity index (χ1v) is 8.04. The van der Waals surface area contributed by atoms with Crippen LogP contribution < -0.4 is 11.1 Å². The number of rotatable bonds is 5. The summed E-state index contributed by atoms with van der Waals surface area (Å²) in [7, 11) is 0. The Hall–Kier alpha value is -2.56. The Morgan fingerprint density at radius 1 is 0.833 bits per heavy atom. The SMILES string of the molecule is Cc1cccc(CNCc2ccccn2)c1.NCc1ccccn1. The summed E-state index contributed by atoms with van der Waals surface area (Å²) in [4.78, 5) is 8.24. The van der Waals surface area contributed by atoms with E-state index in [1.54, 1.807) is 6.20 Å². The molecule has 0 atom stereocenters. The van der Waals surface area contributed by atoms with Gasteiger partial charge in [0.2, 0.25) is 0 Å². The minimum absolute atomic E-state index is 0.529. The van der Waals surface area contributed by atoms with Crippen molar-refractivity contribution >= 4 is 0 Å². The van der Waals surface area contributed by atoms with Gasteiger partial charge in [0.15, 0.2) is 0 Å². The third kappa shape index (κ3) is 6.69. The van der Waals surface area contributed by atoms with Crippen LogP contribution in [0.25, 0.3) is 0 Å². The number of pyridine rings is 2. The minimum atomic E-state index is 0.529. The van der Waals surface area contributed by atoms with E-state index in [0.29, 0.717) is 6.54 Å². The van der Waals surface area contributed by atoms with Gasteiger partial charge in [-0.25, -0.2) is 0 Å². The maximum Gasteiger partial charge on any atom is 0.0541 e. The highest BCUT2D eigenvalue weighted by Crippen LogP contribution is 2.03. The van der Waals surface area contributed by atoms with E-state index in [1.807, 2.05) is 42.6 Å². The second-order valence-electron chi connectivity index (χ2n) is 5.44. The summed E-state index contributed by atoms with van der Waals surface area (Å²) >= 11 is 0. The zero-order valence-corrected chi connectivity index (χ0v) is 14.0. The fraction of sp³-hybridized carbons (Fsp3) is 0.200. The first kappa shape index (κ1) is 17.8. The molecule has 0 bridgehead atoms. The van der Waals surface area contributed by atoms with Crippen molar-refractivity contribution < 1.29 is 0 Å². The molecular weight excluding hydrogens is 296 g/mol. The highest BCUT2D eigenvalue weighted by atomic mass is 14.9. The molecule has 124 valence electrons. The van der Waals surface area contributed by atoms with Crippen molar-refractivity contribution in [2.75, 3.05) is 0 Å². The first-order valence-electron chi connectivity index (χ1n) is 8.04. The van der Waals surface area contributed by atoms with Gasteiger partial charge in [-0.05, 0) is 36.8 Å². The first-order chi connectivity index (χ1) is 11.8. The van der Waals surface area contributed by atoms with Crippen LogP contribution in [0, 0.1) is 6.92 Å². The molecule has 0 saturated carbocycles. The van der Waals surface area contributed by atoms with Gasteiger partial charge >= 0.3 is 0 Å². The Morgan fingerprint density at radius 2 is 1.54 bits per heavy atom. The molecule has 0 aliphatic heterocycles. The molecule has 0 spiro atoms. The molecule has 3 aromatic rings. The molecule has 0 aliphatic rings. The van der Waals surface area contributed by atoms with Crippen molar-refractivity contribution in [2.24, 2.45) is 5.73 Å². The molecule has 4 heteroatoms. The molecule has 0 fully saturated rings. The van der Waals surface area contributed by atoms with Crippen LogP contribution in [0.15, 0.2) is 73.1 Å². The molecule has 3 N–H and O–H groups in total. The molecule has 0 saturated heterocycles. The van der Waals surface area contributed by atoms with Crippen molar-refractivity contribution in [3.05, 3.63) is 95.6 Å². The summed E-state index contributed by atoms with van der Waals surface area (Å²) in [5.41, 5.74) is 9.92. The van der Waals surface area contributed by atoms with E-state index in [4.69, 9.17) is 5.73 Å². The zero-order valence-electron chi connectivity index (χ0n) is 14.0. The van der Waals surface area contributed by atoms with E-state index in [1.165, 1.54) is 11.1 Å². The predicted octanol–water partition coefficient (Wildman–Crippen LogP) is 3.22. The number of hydrogen-bond acceptors (Lipinski definition) is 4. The summed E-state index contributed by atoms with van der Waals surface area (Å²) in [5, 5.41) is 3.38. The second kappa shape index (κ2) is 10.3. The molecule has 0 amide bonds. The van der Waals surface area contributed by atoms with Crippen molar-refractivity contribution in [3.8, 4) is 0 Å². The van der Waals surface area contributed by atoms with Crippen molar-refractivity contribution in [2.45, 2.75) is 26.6 Å². The fourth-order valence-electron chi connectivity index (χ4n) is 2.18. The van der Waals surface area contributed by atoms with Crippen LogP contribution in [-0.2, 0) is 19.6 Å². The third-order valence-corrected chi connectivity index (χ3v) is 3.38. The largest absolute Gasteiger partial charge is 0.325 e. The number of nitrogens with two attached hydrogens (primary N) is 1. The van der Waals surface area contributed by atoms with Gasteiger partial charge in [-0.15, -0.1) is 0 Å². The molecule has 2 aromatic heterocycles. The van der Waals surface area contributed by atoms with E-state index >= 15 is 0 Å². The number of hydrogen-bond donors (Lipinski definition) is 2. The van der Waals surface area contributed by atoms with Gasteiger partial charge in [-0.3, -0.25) is 9.97 Å². The third-order valence-electron chi connectivity index (χ3n) is 3.38. The van der Waals surface area contributed by atoms with Gasteiger partial charge in [-0.2, -0.15) is 0 Å². The Morgan fingerprint density at radius 3 is 2.08 bits per heavy atom. The Bertz CT molecular complexity index is 699. The number of benzene rings is 1. The average molecular weight is 320 g/mol. The monoisotopic (exact) mass is 320 g/mol. The number of nitrogens with one attached hydrogen (secondary N) is 1. The molecular formula is C20H24N4. The minimum Gasteiger partial charge on any atom is -0.325 e. The van der Waals surface area contributed by atoms with E-state index in [-0.39, 0.29) is 0 Å². The molecule has 3 rings (SSSR count). The normalized spacial score (nSPS) is 9.92. The van der Waals surface area contributed by atoms with Crippen LogP contribution >= 0.6 is 0 Å². The summed E-state index contributed by atoms with van der Waals surface area (Å²) in [6, 6.07) is 20.2.